The molecule has 1 aliphatic rings. The predicted octanol–water partition coefficient (Wildman–Crippen LogP) is 2.57. The zero-order chi connectivity index (χ0) is 20.3. The van der Waals surface area contributed by atoms with Crippen LogP contribution in [0.3, 0.4) is 0 Å². The average Bonchev–Trinajstić information content (AvgIpc) is 2.73. The fourth-order valence-corrected chi connectivity index (χ4v) is 4.04. The van der Waals surface area contributed by atoms with Gasteiger partial charge in [-0.25, -0.2) is 12.8 Å². The van der Waals surface area contributed by atoms with Gasteiger partial charge in [-0.05, 0) is 43.3 Å². The van der Waals surface area contributed by atoms with Crippen LogP contribution in [-0.2, 0) is 10.0 Å². The summed E-state index contributed by atoms with van der Waals surface area (Å²) in [5.41, 5.74) is 1.58. The van der Waals surface area contributed by atoms with Crippen LogP contribution in [0.15, 0.2) is 48.5 Å². The summed E-state index contributed by atoms with van der Waals surface area (Å²) >= 11 is 0. The van der Waals surface area contributed by atoms with Gasteiger partial charge >= 0.3 is 0 Å². The third-order valence-electron chi connectivity index (χ3n) is 5.02. The van der Waals surface area contributed by atoms with Crippen LogP contribution in [0, 0.1) is 5.82 Å². The molecule has 2 aromatic rings. The number of halogens is 1. The lowest BCUT2D eigenvalue weighted by molar-refractivity contribution is 0.0746. The van der Waals surface area contributed by atoms with E-state index in [9.17, 15) is 17.6 Å². The normalized spacial score (nSPS) is 14.8. The number of hydrogen-bond acceptors (Lipinski definition) is 4. The Labute approximate surface area is 165 Å². The maximum Gasteiger partial charge on any atom is 0.253 e. The summed E-state index contributed by atoms with van der Waals surface area (Å²) < 4.78 is 39.1. The Balaban J connectivity index is 1.65. The minimum atomic E-state index is -3.34. The van der Waals surface area contributed by atoms with Gasteiger partial charge in [-0.2, -0.15) is 0 Å². The van der Waals surface area contributed by atoms with Gasteiger partial charge < -0.3 is 9.80 Å². The van der Waals surface area contributed by atoms with Gasteiger partial charge in [0.05, 0.1) is 17.1 Å². The van der Waals surface area contributed by atoms with E-state index in [1.54, 1.807) is 54.3 Å². The van der Waals surface area contributed by atoms with Crippen molar-refractivity contribution in [1.29, 1.82) is 0 Å². The summed E-state index contributed by atoms with van der Waals surface area (Å²) in [6, 6.07) is 13.2. The summed E-state index contributed by atoms with van der Waals surface area (Å²) in [6.45, 7) is 3.70. The summed E-state index contributed by atoms with van der Waals surface area (Å²) in [7, 11) is -1.84. The molecule has 0 N–H and O–H groups in total. The summed E-state index contributed by atoms with van der Waals surface area (Å²) in [6.07, 6.45) is 0. The molecule has 0 saturated carbocycles. The molecule has 1 aliphatic heterocycles. The molecule has 2 aromatic carbocycles. The number of anilines is 2. The van der Waals surface area contributed by atoms with Gasteiger partial charge in [0.15, 0.2) is 0 Å². The quantitative estimate of drug-likeness (QED) is 0.767. The lowest BCUT2D eigenvalue weighted by Crippen LogP contribution is -2.49. The van der Waals surface area contributed by atoms with Crippen molar-refractivity contribution in [3.8, 4) is 0 Å². The number of sulfonamides is 1. The van der Waals surface area contributed by atoms with Gasteiger partial charge in [0.1, 0.15) is 5.82 Å². The largest absolute Gasteiger partial charge is 0.366 e. The predicted molar refractivity (Wildman–Crippen MR) is 109 cm³/mol. The first-order valence-corrected chi connectivity index (χ1v) is 10.8. The molecule has 0 aliphatic carbocycles. The second-order valence-electron chi connectivity index (χ2n) is 6.65. The third kappa shape index (κ3) is 4.11. The molecule has 1 amide bonds. The SMILES string of the molecule is CCS(=O)(=O)N(C)c1ccc(C(=O)N2CCN(c3ccccc3F)CC2)cc1. The number of rotatable bonds is 5. The van der Waals surface area contributed by atoms with Crippen LogP contribution in [0.1, 0.15) is 17.3 Å². The van der Waals surface area contributed by atoms with Crippen molar-refractivity contribution >= 4 is 27.3 Å². The van der Waals surface area contributed by atoms with Crippen molar-refractivity contribution in [2.24, 2.45) is 0 Å². The molecule has 1 heterocycles. The van der Waals surface area contributed by atoms with Gasteiger partial charge in [-0.1, -0.05) is 12.1 Å². The maximum absolute atomic E-state index is 13.9. The first-order valence-electron chi connectivity index (χ1n) is 9.19. The molecule has 0 aromatic heterocycles. The van der Waals surface area contributed by atoms with Gasteiger partial charge in [-0.15, -0.1) is 0 Å². The monoisotopic (exact) mass is 405 g/mol. The molecular formula is C20H24FN3O3S. The highest BCUT2D eigenvalue weighted by Crippen LogP contribution is 2.22. The Kier molecular flexibility index (Phi) is 5.88. The van der Waals surface area contributed by atoms with Gasteiger partial charge in [0.25, 0.3) is 5.91 Å². The first kappa shape index (κ1) is 20.1. The van der Waals surface area contributed by atoms with E-state index in [0.717, 1.165) is 0 Å². The Morgan fingerprint density at radius 1 is 1.04 bits per heavy atom. The fourth-order valence-electron chi connectivity index (χ4n) is 3.21. The molecule has 28 heavy (non-hydrogen) atoms. The van der Waals surface area contributed by atoms with Crippen molar-refractivity contribution in [1.82, 2.24) is 4.90 Å². The van der Waals surface area contributed by atoms with Crippen LogP contribution >= 0.6 is 0 Å². The van der Waals surface area contributed by atoms with E-state index in [1.807, 2.05) is 4.90 Å². The van der Waals surface area contributed by atoms with Crippen molar-refractivity contribution in [3.05, 3.63) is 59.9 Å². The Bertz CT molecular complexity index is 939. The van der Waals surface area contributed by atoms with Crippen LogP contribution < -0.4 is 9.21 Å². The van der Waals surface area contributed by atoms with E-state index in [1.165, 1.54) is 17.4 Å². The number of nitrogens with zero attached hydrogens (tertiary/aromatic N) is 3. The van der Waals surface area contributed by atoms with Crippen LogP contribution in [0.2, 0.25) is 0 Å². The molecular weight excluding hydrogens is 381 g/mol. The molecule has 6 nitrogen and oxygen atoms in total. The van der Waals surface area contributed by atoms with Crippen LogP contribution in [-0.4, -0.2) is 58.2 Å². The first-order chi connectivity index (χ1) is 13.3. The van der Waals surface area contributed by atoms with Gasteiger partial charge in [0, 0.05) is 38.8 Å². The van der Waals surface area contributed by atoms with Crippen molar-refractivity contribution in [3.63, 3.8) is 0 Å². The number of para-hydroxylation sites is 1. The minimum absolute atomic E-state index is 0.0104. The van der Waals surface area contributed by atoms with Gasteiger partial charge in [0.2, 0.25) is 10.0 Å². The molecule has 0 atom stereocenters. The minimum Gasteiger partial charge on any atom is -0.366 e. The van der Waals surface area contributed by atoms with Crippen molar-refractivity contribution in [2.45, 2.75) is 6.92 Å². The lowest BCUT2D eigenvalue weighted by atomic mass is 10.1. The number of amides is 1. The number of piperazine rings is 1. The molecule has 0 radical (unpaired) electrons. The van der Waals surface area contributed by atoms with E-state index in [-0.39, 0.29) is 17.5 Å². The summed E-state index contributed by atoms with van der Waals surface area (Å²) in [4.78, 5) is 16.4. The lowest BCUT2D eigenvalue weighted by Gasteiger charge is -2.36. The molecule has 0 unspecified atom stereocenters. The van der Waals surface area contributed by atoms with E-state index < -0.39 is 10.0 Å². The molecule has 0 spiro atoms. The standard InChI is InChI=1S/C20H24FN3O3S/c1-3-28(26,27)22(2)17-10-8-16(9-11-17)20(25)24-14-12-23(13-15-24)19-7-5-4-6-18(19)21/h4-11H,3,12-15H2,1-2H3. The smallest absolute Gasteiger partial charge is 0.253 e. The second kappa shape index (κ2) is 8.18. The van der Waals surface area contributed by atoms with E-state index in [2.05, 4.69) is 0 Å². The third-order valence-corrected chi connectivity index (χ3v) is 6.79. The Morgan fingerprint density at radius 2 is 1.64 bits per heavy atom. The molecule has 150 valence electrons. The molecule has 1 saturated heterocycles. The average molecular weight is 405 g/mol. The van der Waals surface area contributed by atoms with E-state index in [0.29, 0.717) is 43.1 Å². The number of carbonyl (C=O) groups is 1. The highest BCUT2D eigenvalue weighted by molar-refractivity contribution is 7.92. The van der Waals surface area contributed by atoms with Crippen molar-refractivity contribution in [2.75, 3.05) is 48.2 Å². The highest BCUT2D eigenvalue weighted by atomic mass is 32.2. The topological polar surface area (TPSA) is 60.9 Å². The summed E-state index contributed by atoms with van der Waals surface area (Å²) in [5, 5.41) is 0. The highest BCUT2D eigenvalue weighted by Gasteiger charge is 2.24. The zero-order valence-corrected chi connectivity index (χ0v) is 16.8. The molecule has 8 heteroatoms. The summed E-state index contributed by atoms with van der Waals surface area (Å²) in [5.74, 6) is -0.360. The Hall–Kier alpha value is -2.61. The van der Waals surface area contributed by atoms with E-state index in [4.69, 9.17) is 0 Å². The number of carbonyl (C=O) groups excluding carboxylic acids is 1. The number of benzene rings is 2. The van der Waals surface area contributed by atoms with Gasteiger partial charge in [-0.3, -0.25) is 9.10 Å². The van der Waals surface area contributed by atoms with Crippen LogP contribution in [0.25, 0.3) is 0 Å². The van der Waals surface area contributed by atoms with Crippen molar-refractivity contribution < 1.29 is 17.6 Å². The Morgan fingerprint density at radius 3 is 2.21 bits per heavy atom. The molecule has 0 bridgehead atoms. The zero-order valence-electron chi connectivity index (χ0n) is 16.0. The molecule has 3 rings (SSSR count). The molecule has 1 fully saturated rings. The van der Waals surface area contributed by atoms with Crippen LogP contribution in [0.5, 0.6) is 0 Å². The fraction of sp³-hybridized carbons (Fsp3) is 0.350. The van der Waals surface area contributed by atoms with Crippen LogP contribution in [0.4, 0.5) is 15.8 Å². The van der Waals surface area contributed by atoms with E-state index >= 15 is 0 Å². The number of hydrogen-bond donors (Lipinski definition) is 0. The second-order valence-corrected chi connectivity index (χ2v) is 8.93. The maximum atomic E-state index is 13.9.